The highest BCUT2D eigenvalue weighted by molar-refractivity contribution is 5.35. The van der Waals surface area contributed by atoms with Gasteiger partial charge in [0.05, 0.1) is 6.04 Å². The summed E-state index contributed by atoms with van der Waals surface area (Å²) < 4.78 is 58.7. The average Bonchev–Trinajstić information content (AvgIpc) is 2.64. The largest absolute Gasteiger partial charge is 0.438 e. The first-order chi connectivity index (χ1) is 12.7. The number of fused-ring (bicyclic) bond motifs is 1. The minimum Gasteiger partial charge on any atom is -0.432 e. The molecule has 10 heteroatoms. The van der Waals surface area contributed by atoms with Crippen LogP contribution in [0.4, 0.5) is 17.6 Å². The van der Waals surface area contributed by atoms with Crippen molar-refractivity contribution in [2.45, 2.75) is 43.9 Å². The van der Waals surface area contributed by atoms with Crippen LogP contribution in [0.1, 0.15) is 17.7 Å². The van der Waals surface area contributed by atoms with Crippen molar-refractivity contribution in [3.63, 3.8) is 0 Å². The number of alkyl halides is 4. The standard InChI is InChI=1S/C17H15F4N3O3/c18-15(19)13(25)11-2-1-3-12-14(11)27-17(20,21)16(26)24(12)8-9-4-5-23-10(6-9)7-22/h1-2,4-6,12-13,15-16,25-26H,3,8H2/t12?,13-,16?/m0/s1. The molecule has 1 aliphatic carbocycles. The van der Waals surface area contributed by atoms with Gasteiger partial charge in [-0.15, -0.1) is 0 Å². The number of aliphatic hydroxyl groups is 2. The molecule has 0 radical (unpaired) electrons. The van der Waals surface area contributed by atoms with E-state index in [1.807, 2.05) is 6.07 Å². The first kappa shape index (κ1) is 19.3. The van der Waals surface area contributed by atoms with Gasteiger partial charge in [0.25, 0.3) is 6.43 Å². The number of rotatable bonds is 4. The number of hydrogen-bond donors (Lipinski definition) is 2. The molecule has 1 aliphatic heterocycles. The molecule has 27 heavy (non-hydrogen) atoms. The monoisotopic (exact) mass is 385 g/mol. The van der Waals surface area contributed by atoms with Crippen molar-refractivity contribution in [2.24, 2.45) is 0 Å². The zero-order chi connectivity index (χ0) is 19.8. The highest BCUT2D eigenvalue weighted by Crippen LogP contribution is 2.41. The Labute approximate surface area is 151 Å². The van der Waals surface area contributed by atoms with E-state index in [9.17, 15) is 27.8 Å². The van der Waals surface area contributed by atoms with E-state index < -0.39 is 42.2 Å². The fourth-order valence-electron chi connectivity index (χ4n) is 3.10. The van der Waals surface area contributed by atoms with Crippen LogP contribution < -0.4 is 0 Å². The maximum atomic E-state index is 14.2. The molecule has 2 N–H and O–H groups in total. The van der Waals surface area contributed by atoms with Crippen molar-refractivity contribution in [2.75, 3.05) is 0 Å². The number of morpholine rings is 1. The summed E-state index contributed by atoms with van der Waals surface area (Å²) in [6.07, 6.45) is -7.91. The van der Waals surface area contributed by atoms with Crippen molar-refractivity contribution < 1.29 is 32.5 Å². The van der Waals surface area contributed by atoms with Crippen LogP contribution >= 0.6 is 0 Å². The zero-order valence-electron chi connectivity index (χ0n) is 13.8. The van der Waals surface area contributed by atoms with Gasteiger partial charge >= 0.3 is 6.11 Å². The number of aliphatic hydroxyl groups excluding tert-OH is 2. The Bertz CT molecular complexity index is 822. The van der Waals surface area contributed by atoms with E-state index >= 15 is 0 Å². The predicted octanol–water partition coefficient (Wildman–Crippen LogP) is 1.91. The van der Waals surface area contributed by atoms with E-state index in [2.05, 4.69) is 9.72 Å². The number of aromatic nitrogens is 1. The molecule has 144 valence electrons. The summed E-state index contributed by atoms with van der Waals surface area (Å²) in [6.45, 7) is -0.211. The molecule has 0 aromatic carbocycles. The summed E-state index contributed by atoms with van der Waals surface area (Å²) in [6, 6.07) is 3.70. The van der Waals surface area contributed by atoms with Crippen LogP contribution in [0.2, 0.25) is 0 Å². The Balaban J connectivity index is 2.00. The number of hydrogen-bond acceptors (Lipinski definition) is 6. The lowest BCUT2D eigenvalue weighted by atomic mass is 9.93. The van der Waals surface area contributed by atoms with Crippen LogP contribution in [0, 0.1) is 11.3 Å². The Morgan fingerprint density at radius 3 is 2.85 bits per heavy atom. The van der Waals surface area contributed by atoms with Gasteiger partial charge in [-0.2, -0.15) is 14.0 Å². The van der Waals surface area contributed by atoms with Crippen LogP contribution in [0.3, 0.4) is 0 Å². The quantitative estimate of drug-likeness (QED) is 0.770. The van der Waals surface area contributed by atoms with Gasteiger partial charge in [-0.05, 0) is 24.1 Å². The molecule has 1 aromatic heterocycles. The molecular weight excluding hydrogens is 370 g/mol. The van der Waals surface area contributed by atoms with E-state index in [1.165, 1.54) is 24.4 Å². The lowest BCUT2D eigenvalue weighted by Gasteiger charge is -2.46. The molecule has 1 fully saturated rings. The third-order valence-corrected chi connectivity index (χ3v) is 4.37. The van der Waals surface area contributed by atoms with Crippen LogP contribution in [0.15, 0.2) is 41.8 Å². The highest BCUT2D eigenvalue weighted by Gasteiger charge is 2.54. The minimum absolute atomic E-state index is 0.0649. The van der Waals surface area contributed by atoms with Crippen molar-refractivity contribution in [1.29, 1.82) is 5.26 Å². The third kappa shape index (κ3) is 3.66. The summed E-state index contributed by atoms with van der Waals surface area (Å²) in [5, 5.41) is 28.6. The fraction of sp³-hybridized carbons (Fsp3) is 0.412. The van der Waals surface area contributed by atoms with E-state index in [0.717, 1.165) is 11.0 Å². The smallest absolute Gasteiger partial charge is 0.432 e. The summed E-state index contributed by atoms with van der Waals surface area (Å²) in [7, 11) is 0. The van der Waals surface area contributed by atoms with E-state index in [0.29, 0.717) is 5.56 Å². The van der Waals surface area contributed by atoms with Crippen molar-refractivity contribution in [3.05, 3.63) is 53.1 Å². The van der Waals surface area contributed by atoms with E-state index in [-0.39, 0.29) is 18.7 Å². The molecule has 0 bridgehead atoms. The van der Waals surface area contributed by atoms with Gasteiger partial charge in [0.15, 0.2) is 0 Å². The van der Waals surface area contributed by atoms with Gasteiger partial charge in [-0.3, -0.25) is 4.90 Å². The van der Waals surface area contributed by atoms with Crippen LogP contribution in [-0.4, -0.2) is 51.0 Å². The Morgan fingerprint density at radius 2 is 2.19 bits per heavy atom. The summed E-state index contributed by atoms with van der Waals surface area (Å²) in [5.41, 5.74) is 0.0311. The lowest BCUT2D eigenvalue weighted by molar-refractivity contribution is -0.336. The molecule has 6 nitrogen and oxygen atoms in total. The van der Waals surface area contributed by atoms with Gasteiger partial charge in [-0.1, -0.05) is 12.2 Å². The number of pyridine rings is 1. The molecule has 2 heterocycles. The van der Waals surface area contributed by atoms with E-state index in [1.54, 1.807) is 0 Å². The zero-order valence-corrected chi connectivity index (χ0v) is 13.8. The highest BCUT2D eigenvalue weighted by atomic mass is 19.3. The second-order valence-electron chi connectivity index (χ2n) is 6.12. The molecule has 0 spiro atoms. The van der Waals surface area contributed by atoms with Gasteiger partial charge in [0.2, 0.25) is 6.23 Å². The number of halogens is 4. The molecule has 0 saturated carbocycles. The van der Waals surface area contributed by atoms with Crippen LogP contribution in [0.25, 0.3) is 0 Å². The predicted molar refractivity (Wildman–Crippen MR) is 83.1 cm³/mol. The molecule has 0 amide bonds. The summed E-state index contributed by atoms with van der Waals surface area (Å²) >= 11 is 0. The Morgan fingerprint density at radius 1 is 1.44 bits per heavy atom. The van der Waals surface area contributed by atoms with Gasteiger partial charge in [0, 0.05) is 18.3 Å². The second-order valence-corrected chi connectivity index (χ2v) is 6.12. The Hall–Kier alpha value is -2.48. The van der Waals surface area contributed by atoms with Crippen molar-refractivity contribution >= 4 is 0 Å². The lowest BCUT2D eigenvalue weighted by Crippen LogP contribution is -2.59. The van der Waals surface area contributed by atoms with Gasteiger partial charge in [0.1, 0.15) is 23.6 Å². The van der Waals surface area contributed by atoms with Gasteiger partial charge < -0.3 is 14.9 Å². The molecule has 3 atom stereocenters. The van der Waals surface area contributed by atoms with Crippen LogP contribution in [-0.2, 0) is 11.3 Å². The Kier molecular flexibility index (Phi) is 5.19. The number of ether oxygens (including phenoxy) is 1. The summed E-state index contributed by atoms with van der Waals surface area (Å²) in [5.74, 6) is -0.504. The number of nitriles is 1. The minimum atomic E-state index is -4.07. The fourth-order valence-corrected chi connectivity index (χ4v) is 3.10. The number of nitrogens with zero attached hydrogens (tertiary/aromatic N) is 3. The summed E-state index contributed by atoms with van der Waals surface area (Å²) in [4.78, 5) is 4.77. The second kappa shape index (κ2) is 7.26. The first-order valence-electron chi connectivity index (χ1n) is 7.97. The maximum absolute atomic E-state index is 14.2. The molecular formula is C17H15F4N3O3. The first-order valence-corrected chi connectivity index (χ1v) is 7.97. The van der Waals surface area contributed by atoms with Crippen molar-refractivity contribution in [3.8, 4) is 6.07 Å². The molecule has 2 unspecified atom stereocenters. The SMILES string of the molecule is N#Cc1cc(CN2C3CC=CC([C@H](O)C(F)F)=C3OC(F)(F)C2O)ccn1. The van der Waals surface area contributed by atoms with Crippen LogP contribution in [0.5, 0.6) is 0 Å². The average molecular weight is 385 g/mol. The normalized spacial score (nSPS) is 25.7. The molecule has 3 rings (SSSR count). The van der Waals surface area contributed by atoms with Gasteiger partial charge in [-0.25, -0.2) is 13.8 Å². The third-order valence-electron chi connectivity index (χ3n) is 4.37. The maximum Gasteiger partial charge on any atom is 0.438 e. The van der Waals surface area contributed by atoms with Crippen molar-refractivity contribution in [1.82, 2.24) is 9.88 Å². The topological polar surface area (TPSA) is 89.6 Å². The molecule has 2 aliphatic rings. The molecule has 1 saturated heterocycles. The van der Waals surface area contributed by atoms with E-state index in [4.69, 9.17) is 5.26 Å². The molecule has 1 aromatic rings.